The van der Waals surface area contributed by atoms with E-state index < -0.39 is 0 Å². The summed E-state index contributed by atoms with van der Waals surface area (Å²) in [6, 6.07) is 33.9. The van der Waals surface area contributed by atoms with Crippen molar-refractivity contribution in [1.82, 2.24) is 9.78 Å². The fourth-order valence-corrected chi connectivity index (χ4v) is 6.03. The molecule has 0 saturated carbocycles. The Morgan fingerprint density at radius 3 is 2.23 bits per heavy atom. The summed E-state index contributed by atoms with van der Waals surface area (Å²) in [6.07, 6.45) is 0. The molecule has 7 rings (SSSR count). The third kappa shape index (κ3) is 4.63. The minimum absolute atomic E-state index is 0.0597. The summed E-state index contributed by atoms with van der Waals surface area (Å²) >= 11 is 0. The first-order chi connectivity index (χ1) is 20.7. The highest BCUT2D eigenvalue weighted by Crippen LogP contribution is 2.48. The Morgan fingerprint density at radius 1 is 0.767 bits per heavy atom. The average molecular weight is 565 g/mol. The first-order valence-electron chi connectivity index (χ1n) is 14.8. The first kappa shape index (κ1) is 26.9. The second-order valence-electron chi connectivity index (χ2n) is 12.5. The van der Waals surface area contributed by atoms with Crippen LogP contribution < -0.4 is 10.2 Å². The standard InChI is InChI=1S/C37H36N6/c1-23-16-17-24(2)30(22-23)39-34-36-40-35-32(25(3)41-43(35)28-12-8-7-9-13-28)33(26-18-20-27(21-19-26)37(4,5)6)42(36)31-15-11-10-14-29(31)38-34/h7-22,33H,1-6H3,(H,38,39)/t33-/m0/s1. The van der Waals surface area contributed by atoms with Gasteiger partial charge in [-0.1, -0.05) is 87.5 Å². The van der Waals surface area contributed by atoms with Gasteiger partial charge in [0.2, 0.25) is 0 Å². The summed E-state index contributed by atoms with van der Waals surface area (Å²) in [7, 11) is 0. The molecule has 214 valence electrons. The van der Waals surface area contributed by atoms with E-state index in [1.807, 2.05) is 28.9 Å². The molecule has 2 aliphatic heterocycles. The zero-order valence-corrected chi connectivity index (χ0v) is 25.6. The van der Waals surface area contributed by atoms with Gasteiger partial charge in [-0.25, -0.2) is 14.7 Å². The molecule has 2 aliphatic rings. The summed E-state index contributed by atoms with van der Waals surface area (Å²) in [6.45, 7) is 13.1. The number of hydrogen-bond acceptors (Lipinski definition) is 5. The third-order valence-electron chi connectivity index (χ3n) is 8.38. The van der Waals surface area contributed by atoms with E-state index in [9.17, 15) is 0 Å². The number of benzene rings is 4. The fraction of sp³-hybridized carbons (Fsp3) is 0.216. The van der Waals surface area contributed by atoms with E-state index in [1.54, 1.807) is 0 Å². The molecule has 0 amide bonds. The Bertz CT molecular complexity index is 1910. The predicted molar refractivity (Wildman–Crippen MR) is 178 cm³/mol. The van der Waals surface area contributed by atoms with Crippen LogP contribution in [-0.4, -0.2) is 21.5 Å². The lowest BCUT2D eigenvalue weighted by atomic mass is 9.85. The number of hydrogen-bond donors (Lipinski definition) is 1. The SMILES string of the molecule is Cc1ccc(C)c(NC2=Nc3ccccc3N3C2=Nc2c(c(C)nn2-c2ccccc2)[C@@H]3c2ccc(C(C)(C)C)cc2)c1. The Morgan fingerprint density at radius 2 is 1.49 bits per heavy atom. The largest absolute Gasteiger partial charge is 0.337 e. The van der Waals surface area contributed by atoms with Crippen LogP contribution >= 0.6 is 0 Å². The molecule has 5 aromatic rings. The van der Waals surface area contributed by atoms with Crippen LogP contribution in [0.4, 0.5) is 22.9 Å². The van der Waals surface area contributed by atoms with E-state index in [4.69, 9.17) is 15.1 Å². The van der Waals surface area contributed by atoms with Gasteiger partial charge in [-0.2, -0.15) is 5.10 Å². The Kier molecular flexibility index (Phi) is 6.31. The molecule has 0 radical (unpaired) electrons. The third-order valence-corrected chi connectivity index (χ3v) is 8.38. The van der Waals surface area contributed by atoms with Gasteiger partial charge in [-0.3, -0.25) is 0 Å². The highest BCUT2D eigenvalue weighted by Gasteiger charge is 2.41. The molecule has 0 aliphatic carbocycles. The molecule has 3 heterocycles. The van der Waals surface area contributed by atoms with E-state index in [0.717, 1.165) is 51.2 Å². The van der Waals surface area contributed by atoms with E-state index in [-0.39, 0.29) is 11.5 Å². The van der Waals surface area contributed by atoms with Gasteiger partial charge >= 0.3 is 0 Å². The fourth-order valence-electron chi connectivity index (χ4n) is 6.03. The molecule has 1 atom stereocenters. The van der Waals surface area contributed by atoms with Crippen molar-refractivity contribution in [3.05, 3.63) is 131 Å². The molecular formula is C37H36N6. The number of amidine groups is 2. The van der Waals surface area contributed by atoms with Crippen molar-refractivity contribution in [3.8, 4) is 5.69 Å². The Labute approximate surface area is 253 Å². The predicted octanol–water partition coefficient (Wildman–Crippen LogP) is 8.89. The summed E-state index contributed by atoms with van der Waals surface area (Å²) in [5.41, 5.74) is 10.8. The number of para-hydroxylation sites is 3. The molecular weight excluding hydrogens is 528 g/mol. The number of fused-ring (bicyclic) bond motifs is 4. The summed E-state index contributed by atoms with van der Waals surface area (Å²) < 4.78 is 1.97. The lowest BCUT2D eigenvalue weighted by molar-refractivity contribution is 0.589. The molecule has 6 nitrogen and oxygen atoms in total. The van der Waals surface area contributed by atoms with Crippen LogP contribution in [0.15, 0.2) is 107 Å². The average Bonchev–Trinajstić information content (AvgIpc) is 3.34. The van der Waals surface area contributed by atoms with E-state index in [1.165, 1.54) is 16.7 Å². The number of aryl methyl sites for hydroxylation is 3. The van der Waals surface area contributed by atoms with Gasteiger partial charge in [-0.05, 0) is 78.8 Å². The number of rotatable bonds is 3. The minimum Gasteiger partial charge on any atom is -0.337 e. The molecule has 1 aromatic heterocycles. The van der Waals surface area contributed by atoms with Gasteiger partial charge in [0.1, 0.15) is 0 Å². The van der Waals surface area contributed by atoms with Crippen molar-refractivity contribution in [2.75, 3.05) is 10.2 Å². The maximum atomic E-state index is 5.38. The molecule has 0 unspecified atom stereocenters. The van der Waals surface area contributed by atoms with Gasteiger partial charge < -0.3 is 10.2 Å². The molecule has 4 aromatic carbocycles. The smallest absolute Gasteiger partial charge is 0.179 e. The normalized spacial score (nSPS) is 15.7. The van der Waals surface area contributed by atoms with Gasteiger partial charge in [0, 0.05) is 11.3 Å². The van der Waals surface area contributed by atoms with Crippen LogP contribution in [0.2, 0.25) is 0 Å². The van der Waals surface area contributed by atoms with Crippen molar-refractivity contribution < 1.29 is 0 Å². The quantitative estimate of drug-likeness (QED) is 0.238. The second kappa shape index (κ2) is 10.1. The van der Waals surface area contributed by atoms with Crippen LogP contribution in [0.25, 0.3) is 5.69 Å². The van der Waals surface area contributed by atoms with Gasteiger partial charge in [-0.15, -0.1) is 0 Å². The number of nitrogens with zero attached hydrogens (tertiary/aromatic N) is 5. The van der Waals surface area contributed by atoms with Gasteiger partial charge in [0.25, 0.3) is 0 Å². The monoisotopic (exact) mass is 564 g/mol. The summed E-state index contributed by atoms with van der Waals surface area (Å²) in [4.78, 5) is 12.9. The van der Waals surface area contributed by atoms with Crippen molar-refractivity contribution in [1.29, 1.82) is 0 Å². The first-order valence-corrected chi connectivity index (χ1v) is 14.8. The molecule has 0 spiro atoms. The van der Waals surface area contributed by atoms with Crippen LogP contribution in [0.3, 0.4) is 0 Å². The van der Waals surface area contributed by atoms with Crippen molar-refractivity contribution in [2.24, 2.45) is 9.98 Å². The Balaban J connectivity index is 1.48. The highest BCUT2D eigenvalue weighted by atomic mass is 15.4. The van der Waals surface area contributed by atoms with Crippen LogP contribution in [-0.2, 0) is 5.41 Å². The number of nitrogens with one attached hydrogen (secondary N) is 1. The number of aliphatic imine (C=N–C) groups is 2. The molecule has 1 N–H and O–H groups in total. The maximum Gasteiger partial charge on any atom is 0.179 e. The van der Waals surface area contributed by atoms with Crippen molar-refractivity contribution in [2.45, 2.75) is 53.0 Å². The lowest BCUT2D eigenvalue weighted by Gasteiger charge is -2.40. The van der Waals surface area contributed by atoms with Crippen LogP contribution in [0.1, 0.15) is 60.3 Å². The van der Waals surface area contributed by atoms with Crippen molar-refractivity contribution >= 4 is 34.6 Å². The van der Waals surface area contributed by atoms with E-state index in [0.29, 0.717) is 5.84 Å². The topological polar surface area (TPSA) is 57.8 Å². The van der Waals surface area contributed by atoms with Crippen LogP contribution in [0.5, 0.6) is 0 Å². The molecule has 0 fully saturated rings. The lowest BCUT2D eigenvalue weighted by Crippen LogP contribution is -2.46. The zero-order valence-electron chi connectivity index (χ0n) is 25.6. The van der Waals surface area contributed by atoms with Crippen molar-refractivity contribution in [3.63, 3.8) is 0 Å². The molecule has 0 saturated heterocycles. The highest BCUT2D eigenvalue weighted by molar-refractivity contribution is 6.51. The summed E-state index contributed by atoms with van der Waals surface area (Å²) in [5.74, 6) is 2.32. The molecule has 43 heavy (non-hydrogen) atoms. The van der Waals surface area contributed by atoms with E-state index >= 15 is 0 Å². The van der Waals surface area contributed by atoms with E-state index in [2.05, 4.69) is 125 Å². The maximum absolute atomic E-state index is 5.38. The van der Waals surface area contributed by atoms with Gasteiger partial charge in [0.15, 0.2) is 17.5 Å². The minimum atomic E-state index is -0.152. The van der Waals surface area contributed by atoms with Crippen LogP contribution in [0, 0.1) is 20.8 Å². The molecule has 6 heteroatoms. The van der Waals surface area contributed by atoms with Gasteiger partial charge in [0.05, 0.1) is 28.8 Å². The second-order valence-corrected chi connectivity index (χ2v) is 12.5. The zero-order chi connectivity index (χ0) is 29.9. The number of aromatic nitrogens is 2. The number of anilines is 2. The Hall–Kier alpha value is -4.97. The molecule has 0 bridgehead atoms. The summed E-state index contributed by atoms with van der Waals surface area (Å²) in [5, 5.41) is 8.74.